The lowest BCUT2D eigenvalue weighted by Gasteiger charge is -2.26. The molecule has 59 heavy (non-hydrogen) atoms. The zero-order valence-electron chi connectivity index (χ0n) is 33.2. The van der Waals surface area contributed by atoms with Crippen LogP contribution in [0, 0.1) is 6.92 Å². The highest BCUT2D eigenvalue weighted by molar-refractivity contribution is 6.10. The number of aryl methyl sites for hydroxylation is 1. The molecule has 0 bridgehead atoms. The molecule has 0 spiro atoms. The van der Waals surface area contributed by atoms with Crippen molar-refractivity contribution in [3.63, 3.8) is 0 Å². The number of rotatable bonds is 6. The summed E-state index contributed by atoms with van der Waals surface area (Å²) in [5.41, 5.74) is 18.0. The molecule has 0 unspecified atom stereocenters. The second-order valence-electron chi connectivity index (χ2n) is 15.4. The molecule has 1 aliphatic heterocycles. The van der Waals surface area contributed by atoms with Crippen molar-refractivity contribution in [3.05, 3.63) is 218 Å². The van der Waals surface area contributed by atoms with E-state index in [1.54, 1.807) is 0 Å². The lowest BCUT2D eigenvalue weighted by atomic mass is 9.95. The molecule has 0 N–H and O–H groups in total. The maximum absolute atomic E-state index is 5.00. The summed E-state index contributed by atoms with van der Waals surface area (Å²) in [5.74, 6) is 0.641. The quantitative estimate of drug-likeness (QED) is 0.169. The molecule has 9 aromatic rings. The van der Waals surface area contributed by atoms with Crippen LogP contribution in [0.25, 0.3) is 77.8 Å². The van der Waals surface area contributed by atoms with Crippen molar-refractivity contribution in [2.75, 3.05) is 11.4 Å². The second kappa shape index (κ2) is 15.1. The summed E-state index contributed by atoms with van der Waals surface area (Å²) in [6, 6.07) is 58.6. The van der Waals surface area contributed by atoms with Gasteiger partial charge in [0.2, 0.25) is 5.95 Å². The van der Waals surface area contributed by atoms with Gasteiger partial charge in [0.15, 0.2) is 0 Å². The summed E-state index contributed by atoms with van der Waals surface area (Å²) in [7, 11) is 0. The van der Waals surface area contributed by atoms with Gasteiger partial charge in [-0.15, -0.1) is 0 Å². The van der Waals surface area contributed by atoms with E-state index in [4.69, 9.17) is 9.97 Å². The smallest absolute Gasteiger partial charge is 0.234 e. The van der Waals surface area contributed by atoms with E-state index >= 15 is 0 Å². The summed E-state index contributed by atoms with van der Waals surface area (Å²) in [6.07, 6.45) is 10.5. The standard InChI is InChI=1S/C55H42N4/c1-37-13-12-28-58(48-20-8-5-9-21-48)52-26-23-45(33-49(52)39(3)29-37)46-24-27-54-51(34-46)50-30-38(2)22-25-53(50)59(54)55-56-35-47(36-57-55)44-19-11-18-43(32-44)42-17-10-16-41(31-42)40-14-6-4-7-15-40/h4-27,29-36H,3,28H2,1-2H3/b13-12-,37-29-. The van der Waals surface area contributed by atoms with Crippen LogP contribution in [0.15, 0.2) is 207 Å². The first-order valence-electron chi connectivity index (χ1n) is 20.1. The van der Waals surface area contributed by atoms with Crippen LogP contribution in [0.4, 0.5) is 11.4 Å². The Morgan fingerprint density at radius 3 is 1.78 bits per heavy atom. The number of hydrogen-bond acceptors (Lipinski definition) is 3. The minimum Gasteiger partial charge on any atom is -0.337 e. The van der Waals surface area contributed by atoms with E-state index in [0.29, 0.717) is 5.95 Å². The maximum Gasteiger partial charge on any atom is 0.234 e. The Bertz CT molecular complexity index is 3100. The number of allylic oxidation sites excluding steroid dienone is 4. The van der Waals surface area contributed by atoms with Crippen LogP contribution in [0.3, 0.4) is 0 Å². The van der Waals surface area contributed by atoms with Crippen LogP contribution in [0.1, 0.15) is 18.1 Å². The van der Waals surface area contributed by atoms with Crippen molar-refractivity contribution in [3.8, 4) is 50.5 Å². The van der Waals surface area contributed by atoms with E-state index in [-0.39, 0.29) is 0 Å². The summed E-state index contributed by atoms with van der Waals surface area (Å²) >= 11 is 0. The number of aromatic nitrogens is 3. The van der Waals surface area contributed by atoms with E-state index < -0.39 is 0 Å². The summed E-state index contributed by atoms with van der Waals surface area (Å²) in [5, 5.41) is 2.33. The second-order valence-corrected chi connectivity index (χ2v) is 15.4. The van der Waals surface area contributed by atoms with Crippen molar-refractivity contribution in [2.45, 2.75) is 13.8 Å². The van der Waals surface area contributed by atoms with Crippen molar-refractivity contribution >= 4 is 38.8 Å². The number of para-hydroxylation sites is 1. The van der Waals surface area contributed by atoms with Gasteiger partial charge in [0.25, 0.3) is 0 Å². The largest absolute Gasteiger partial charge is 0.337 e. The first-order valence-corrected chi connectivity index (χ1v) is 20.1. The van der Waals surface area contributed by atoms with E-state index in [1.165, 1.54) is 33.2 Å². The Morgan fingerprint density at radius 1 is 0.508 bits per heavy atom. The Hall–Kier alpha value is -7.56. The van der Waals surface area contributed by atoms with E-state index in [0.717, 1.165) is 73.3 Å². The Labute approximate surface area is 345 Å². The fraction of sp³-hybridized carbons (Fsp3) is 0.0545. The van der Waals surface area contributed by atoms with E-state index in [2.05, 4.69) is 212 Å². The molecule has 0 radical (unpaired) electrons. The minimum atomic E-state index is 0.641. The molecule has 0 atom stereocenters. The third-order valence-electron chi connectivity index (χ3n) is 11.4. The first kappa shape index (κ1) is 35.8. The fourth-order valence-corrected chi connectivity index (χ4v) is 8.41. The predicted molar refractivity (Wildman–Crippen MR) is 248 cm³/mol. The number of benzene rings is 7. The molecule has 0 aliphatic carbocycles. The molecule has 0 fully saturated rings. The molecule has 0 saturated heterocycles. The Kier molecular flexibility index (Phi) is 9.15. The third-order valence-corrected chi connectivity index (χ3v) is 11.4. The zero-order valence-corrected chi connectivity index (χ0v) is 33.2. The lowest BCUT2D eigenvalue weighted by molar-refractivity contribution is 0.990. The maximum atomic E-state index is 5.00. The molecular formula is C55H42N4. The summed E-state index contributed by atoms with van der Waals surface area (Å²) in [6.45, 7) is 9.60. The van der Waals surface area contributed by atoms with E-state index in [9.17, 15) is 0 Å². The van der Waals surface area contributed by atoms with Crippen LogP contribution in [-0.2, 0) is 0 Å². The highest BCUT2D eigenvalue weighted by Gasteiger charge is 2.19. The highest BCUT2D eigenvalue weighted by Crippen LogP contribution is 2.40. The molecule has 1 aliphatic rings. The lowest BCUT2D eigenvalue weighted by Crippen LogP contribution is -2.18. The molecule has 4 nitrogen and oxygen atoms in total. The molecule has 0 saturated carbocycles. The third kappa shape index (κ3) is 6.85. The van der Waals surface area contributed by atoms with Crippen molar-refractivity contribution < 1.29 is 0 Å². The predicted octanol–water partition coefficient (Wildman–Crippen LogP) is 14.2. The number of nitrogens with zero attached hydrogens (tertiary/aromatic N) is 4. The average molecular weight is 759 g/mol. The van der Waals surface area contributed by atoms with Gasteiger partial charge in [-0.2, -0.15) is 0 Å². The monoisotopic (exact) mass is 758 g/mol. The molecule has 10 rings (SSSR count). The normalized spacial score (nSPS) is 14.3. The van der Waals surface area contributed by atoms with Gasteiger partial charge >= 0.3 is 0 Å². The van der Waals surface area contributed by atoms with Crippen LogP contribution in [0.2, 0.25) is 0 Å². The molecule has 7 aromatic carbocycles. The first-order chi connectivity index (χ1) is 29.0. The number of fused-ring (bicyclic) bond motifs is 4. The topological polar surface area (TPSA) is 34.0 Å². The molecule has 3 heterocycles. The summed E-state index contributed by atoms with van der Waals surface area (Å²) in [4.78, 5) is 12.4. The Morgan fingerprint density at radius 2 is 1.07 bits per heavy atom. The van der Waals surface area contributed by atoms with Crippen molar-refractivity contribution in [1.82, 2.24) is 14.5 Å². The van der Waals surface area contributed by atoms with Crippen LogP contribution < -0.4 is 4.90 Å². The van der Waals surface area contributed by atoms with Gasteiger partial charge in [-0.3, -0.25) is 4.57 Å². The minimum absolute atomic E-state index is 0.641. The van der Waals surface area contributed by atoms with Gasteiger partial charge in [0, 0.05) is 52.2 Å². The molecule has 4 heteroatoms. The van der Waals surface area contributed by atoms with Gasteiger partial charge in [0.05, 0.1) is 11.0 Å². The molecule has 0 amide bonds. The van der Waals surface area contributed by atoms with Gasteiger partial charge in [0.1, 0.15) is 0 Å². The SMILES string of the molecule is C=C1/C=C(C)\C=C/CN(c2ccccc2)c2ccc(-c3ccc4c(c3)c3cc(C)ccc3n4-c3ncc(-c4cccc(-c5cccc(-c6ccccc6)c5)c4)cn3)cc21. The molecular weight excluding hydrogens is 717 g/mol. The summed E-state index contributed by atoms with van der Waals surface area (Å²) < 4.78 is 2.19. The highest BCUT2D eigenvalue weighted by atomic mass is 15.2. The fourth-order valence-electron chi connectivity index (χ4n) is 8.41. The Balaban J connectivity index is 1.02. The van der Waals surface area contributed by atoms with Crippen LogP contribution >= 0.6 is 0 Å². The zero-order chi connectivity index (χ0) is 39.9. The van der Waals surface area contributed by atoms with Crippen LogP contribution in [-0.4, -0.2) is 21.1 Å². The van der Waals surface area contributed by atoms with Gasteiger partial charge in [-0.25, -0.2) is 9.97 Å². The molecule has 2 aromatic heterocycles. The van der Waals surface area contributed by atoms with Crippen LogP contribution in [0.5, 0.6) is 0 Å². The van der Waals surface area contributed by atoms with Gasteiger partial charge < -0.3 is 4.90 Å². The molecule has 282 valence electrons. The van der Waals surface area contributed by atoms with Crippen molar-refractivity contribution in [2.24, 2.45) is 0 Å². The van der Waals surface area contributed by atoms with Gasteiger partial charge in [-0.1, -0.05) is 139 Å². The average Bonchev–Trinajstić information content (AvgIpc) is 3.63. The number of hydrogen-bond donors (Lipinski definition) is 0. The van der Waals surface area contributed by atoms with Crippen molar-refractivity contribution in [1.29, 1.82) is 0 Å². The van der Waals surface area contributed by atoms with E-state index in [1.807, 2.05) is 12.4 Å². The number of anilines is 2. The van der Waals surface area contributed by atoms with Gasteiger partial charge in [-0.05, 0) is 119 Å².